The lowest BCUT2D eigenvalue weighted by Gasteiger charge is -2.08. The monoisotopic (exact) mass is 292 g/mol. The Balaban J connectivity index is 2.48. The zero-order valence-electron chi connectivity index (χ0n) is 10.7. The number of rotatable bonds is 8. The summed E-state index contributed by atoms with van der Waals surface area (Å²) in [6, 6.07) is 2.95. The van der Waals surface area contributed by atoms with Gasteiger partial charge in [0.1, 0.15) is 11.6 Å². The van der Waals surface area contributed by atoms with Gasteiger partial charge in [-0.15, -0.1) is 0 Å². The molecule has 0 radical (unpaired) electrons. The first-order chi connectivity index (χ1) is 8.94. The summed E-state index contributed by atoms with van der Waals surface area (Å²) >= 11 is 0. The van der Waals surface area contributed by atoms with Crippen LogP contribution >= 0.6 is 0 Å². The Hall–Kier alpha value is -1.05. The summed E-state index contributed by atoms with van der Waals surface area (Å²) in [6.07, 6.45) is 0.467. The predicted molar refractivity (Wildman–Crippen MR) is 70.1 cm³/mol. The SMILES string of the molecule is CCNCCCS(=O)(=O)NCc1cc(F)ccc1F. The second-order valence-corrected chi connectivity index (χ2v) is 6.01. The number of halogens is 2. The zero-order valence-corrected chi connectivity index (χ0v) is 11.6. The Kier molecular flexibility index (Phi) is 6.33. The minimum atomic E-state index is -3.47. The molecule has 0 fully saturated rings. The van der Waals surface area contributed by atoms with Crippen molar-refractivity contribution in [2.75, 3.05) is 18.8 Å². The standard InChI is InChI=1S/C12H18F2N2O2S/c1-2-15-6-3-7-19(17,18)16-9-10-8-11(13)4-5-12(10)14/h4-5,8,15-16H,2-3,6-7,9H2,1H3. The van der Waals surface area contributed by atoms with Crippen LogP contribution < -0.4 is 10.0 Å². The molecule has 7 heteroatoms. The van der Waals surface area contributed by atoms with Crippen LogP contribution in [0.15, 0.2) is 18.2 Å². The van der Waals surface area contributed by atoms with E-state index < -0.39 is 21.7 Å². The van der Waals surface area contributed by atoms with Crippen LogP contribution in [0.5, 0.6) is 0 Å². The Morgan fingerprint density at radius 2 is 2.00 bits per heavy atom. The second kappa shape index (κ2) is 7.52. The summed E-state index contributed by atoms with van der Waals surface area (Å²) in [4.78, 5) is 0. The summed E-state index contributed by atoms with van der Waals surface area (Å²) in [5.41, 5.74) is -0.00439. The summed E-state index contributed by atoms with van der Waals surface area (Å²) < 4.78 is 51.7. The molecule has 19 heavy (non-hydrogen) atoms. The van der Waals surface area contributed by atoms with Crippen molar-refractivity contribution in [2.45, 2.75) is 19.9 Å². The van der Waals surface area contributed by atoms with Crippen LogP contribution in [-0.4, -0.2) is 27.3 Å². The summed E-state index contributed by atoms with van der Waals surface area (Å²) in [6.45, 7) is 3.07. The predicted octanol–water partition coefficient (Wildman–Crippen LogP) is 1.38. The minimum absolute atomic E-state index is 0.00439. The van der Waals surface area contributed by atoms with Gasteiger partial charge in [-0.3, -0.25) is 0 Å². The highest BCUT2D eigenvalue weighted by Gasteiger charge is 2.11. The first kappa shape index (κ1) is 16.0. The number of sulfonamides is 1. The number of hydrogen-bond donors (Lipinski definition) is 2. The first-order valence-electron chi connectivity index (χ1n) is 6.06. The lowest BCUT2D eigenvalue weighted by atomic mass is 10.2. The van der Waals surface area contributed by atoms with Gasteiger partial charge in [0, 0.05) is 12.1 Å². The molecule has 1 aromatic rings. The highest BCUT2D eigenvalue weighted by atomic mass is 32.2. The van der Waals surface area contributed by atoms with Gasteiger partial charge in [0.05, 0.1) is 5.75 Å². The second-order valence-electron chi connectivity index (χ2n) is 4.08. The fourth-order valence-corrected chi connectivity index (χ4v) is 2.55. The van der Waals surface area contributed by atoms with E-state index in [4.69, 9.17) is 0 Å². The molecule has 0 aliphatic rings. The van der Waals surface area contributed by atoms with E-state index in [9.17, 15) is 17.2 Å². The molecule has 0 aliphatic heterocycles. The molecule has 4 nitrogen and oxygen atoms in total. The average Bonchev–Trinajstić information content (AvgIpc) is 2.36. The van der Waals surface area contributed by atoms with Crippen molar-refractivity contribution in [3.8, 4) is 0 Å². The van der Waals surface area contributed by atoms with Gasteiger partial charge in [-0.1, -0.05) is 6.92 Å². The van der Waals surface area contributed by atoms with Gasteiger partial charge in [0.25, 0.3) is 0 Å². The van der Waals surface area contributed by atoms with E-state index in [1.165, 1.54) is 0 Å². The van der Waals surface area contributed by atoms with Crippen LogP contribution in [0.1, 0.15) is 18.9 Å². The molecule has 1 rings (SSSR count). The van der Waals surface area contributed by atoms with Crippen molar-refractivity contribution in [1.82, 2.24) is 10.0 Å². The molecule has 0 heterocycles. The third-order valence-corrected chi connectivity index (χ3v) is 3.92. The molecule has 0 amide bonds. The third-order valence-electron chi connectivity index (χ3n) is 2.51. The van der Waals surface area contributed by atoms with Gasteiger partial charge in [0.2, 0.25) is 10.0 Å². The molecule has 0 unspecified atom stereocenters. The molecular formula is C12H18F2N2O2S. The van der Waals surface area contributed by atoms with Crippen molar-refractivity contribution in [1.29, 1.82) is 0 Å². The van der Waals surface area contributed by atoms with Crippen LogP contribution in [0.2, 0.25) is 0 Å². The van der Waals surface area contributed by atoms with Crippen LogP contribution in [0.4, 0.5) is 8.78 Å². The largest absolute Gasteiger partial charge is 0.317 e. The quantitative estimate of drug-likeness (QED) is 0.712. The van der Waals surface area contributed by atoms with Crippen molar-refractivity contribution in [2.24, 2.45) is 0 Å². The highest BCUT2D eigenvalue weighted by molar-refractivity contribution is 7.89. The Morgan fingerprint density at radius 1 is 1.26 bits per heavy atom. The fourth-order valence-electron chi connectivity index (χ4n) is 1.50. The molecule has 2 N–H and O–H groups in total. The van der Waals surface area contributed by atoms with E-state index in [1.807, 2.05) is 6.92 Å². The van der Waals surface area contributed by atoms with Gasteiger partial charge in [-0.2, -0.15) is 0 Å². The van der Waals surface area contributed by atoms with Crippen molar-refractivity contribution in [3.63, 3.8) is 0 Å². The van der Waals surface area contributed by atoms with E-state index >= 15 is 0 Å². The van der Waals surface area contributed by atoms with Gasteiger partial charge in [-0.05, 0) is 37.7 Å². The maximum atomic E-state index is 13.3. The van der Waals surface area contributed by atoms with E-state index in [-0.39, 0.29) is 17.9 Å². The van der Waals surface area contributed by atoms with Gasteiger partial charge < -0.3 is 5.32 Å². The lowest BCUT2D eigenvalue weighted by molar-refractivity contribution is 0.564. The lowest BCUT2D eigenvalue weighted by Crippen LogP contribution is -2.28. The summed E-state index contributed by atoms with van der Waals surface area (Å²) in [7, 11) is -3.47. The summed E-state index contributed by atoms with van der Waals surface area (Å²) in [5, 5.41) is 3.01. The zero-order chi connectivity index (χ0) is 14.3. The minimum Gasteiger partial charge on any atom is -0.317 e. The molecule has 0 atom stereocenters. The Morgan fingerprint density at radius 3 is 2.68 bits per heavy atom. The highest BCUT2D eigenvalue weighted by Crippen LogP contribution is 2.09. The third kappa shape index (κ3) is 6.09. The van der Waals surface area contributed by atoms with Crippen LogP contribution in [0.3, 0.4) is 0 Å². The molecule has 0 aliphatic carbocycles. The Labute approximate surface area is 112 Å². The van der Waals surface area contributed by atoms with Crippen molar-refractivity contribution >= 4 is 10.0 Å². The molecule has 0 bridgehead atoms. The topological polar surface area (TPSA) is 58.2 Å². The smallest absolute Gasteiger partial charge is 0.211 e. The van der Waals surface area contributed by atoms with Crippen LogP contribution in [0.25, 0.3) is 0 Å². The Bertz CT molecular complexity index is 506. The van der Waals surface area contributed by atoms with E-state index in [0.29, 0.717) is 13.0 Å². The molecular weight excluding hydrogens is 274 g/mol. The molecule has 108 valence electrons. The van der Waals surface area contributed by atoms with E-state index in [1.54, 1.807) is 0 Å². The van der Waals surface area contributed by atoms with E-state index in [2.05, 4.69) is 10.0 Å². The number of benzene rings is 1. The van der Waals surface area contributed by atoms with Gasteiger partial charge in [-0.25, -0.2) is 21.9 Å². The molecule has 0 saturated heterocycles. The summed E-state index contributed by atoms with van der Waals surface area (Å²) in [5.74, 6) is -1.27. The van der Waals surface area contributed by atoms with Crippen LogP contribution in [-0.2, 0) is 16.6 Å². The number of nitrogens with one attached hydrogen (secondary N) is 2. The van der Waals surface area contributed by atoms with Gasteiger partial charge >= 0.3 is 0 Å². The number of hydrogen-bond acceptors (Lipinski definition) is 3. The fraction of sp³-hybridized carbons (Fsp3) is 0.500. The van der Waals surface area contributed by atoms with Crippen molar-refractivity contribution in [3.05, 3.63) is 35.4 Å². The molecule has 1 aromatic carbocycles. The molecule has 0 spiro atoms. The average molecular weight is 292 g/mol. The van der Waals surface area contributed by atoms with E-state index in [0.717, 1.165) is 24.7 Å². The first-order valence-corrected chi connectivity index (χ1v) is 7.72. The van der Waals surface area contributed by atoms with Gasteiger partial charge in [0.15, 0.2) is 0 Å². The maximum Gasteiger partial charge on any atom is 0.211 e. The normalized spacial score (nSPS) is 11.7. The molecule has 0 saturated carbocycles. The van der Waals surface area contributed by atoms with Crippen molar-refractivity contribution < 1.29 is 17.2 Å². The molecule has 0 aromatic heterocycles. The van der Waals surface area contributed by atoms with Crippen LogP contribution in [0, 0.1) is 11.6 Å². The maximum absolute atomic E-state index is 13.3.